The molecule has 0 N–H and O–H groups in total. The smallest absolute Gasteiger partial charge is 0.194 e. The minimum Gasteiger partial charge on any atom is -0.289 e. The highest BCUT2D eigenvalue weighted by Crippen LogP contribution is 2.39. The summed E-state index contributed by atoms with van der Waals surface area (Å²) in [6, 6.07) is 32.2. The van der Waals surface area contributed by atoms with Crippen molar-refractivity contribution in [3.63, 3.8) is 0 Å². The summed E-state index contributed by atoms with van der Waals surface area (Å²) in [5.74, 6) is -1.12. The Morgan fingerprint density at radius 3 is 1.34 bits per heavy atom. The Morgan fingerprint density at radius 2 is 0.921 bits per heavy atom. The van der Waals surface area contributed by atoms with Crippen molar-refractivity contribution >= 4 is 28.5 Å². The van der Waals surface area contributed by atoms with Crippen molar-refractivity contribution in [2.24, 2.45) is 0 Å². The van der Waals surface area contributed by atoms with E-state index in [1.165, 1.54) is 59.1 Å². The lowest BCUT2D eigenvalue weighted by Crippen LogP contribution is -2.06. The Kier molecular flexibility index (Phi) is 6.54. The zero-order valence-corrected chi connectivity index (χ0v) is 21.7. The topological polar surface area (TPSA) is 17.1 Å². The van der Waals surface area contributed by atoms with Crippen LogP contribution in [0.4, 0.5) is 8.78 Å². The van der Waals surface area contributed by atoms with Gasteiger partial charge in [-0.2, -0.15) is 0 Å². The largest absolute Gasteiger partial charge is 0.289 e. The van der Waals surface area contributed by atoms with Crippen LogP contribution in [0.1, 0.15) is 15.9 Å². The van der Waals surface area contributed by atoms with Gasteiger partial charge in [0.15, 0.2) is 5.78 Å². The summed E-state index contributed by atoms with van der Waals surface area (Å²) in [6.45, 7) is 0. The zero-order valence-electron chi connectivity index (χ0n) is 20.0. The number of carbonyl (C=O) groups is 1. The lowest BCUT2D eigenvalue weighted by atomic mass is 9.93. The first-order valence-electron chi connectivity index (χ1n) is 12.0. The van der Waals surface area contributed by atoms with E-state index in [0.717, 1.165) is 32.0 Å². The fraction of sp³-hybridized carbons (Fsp3) is 0. The van der Waals surface area contributed by atoms with Gasteiger partial charge in [-0.1, -0.05) is 60.7 Å². The average Bonchev–Trinajstić information content (AvgIpc) is 3.65. The Hall–Kier alpha value is -4.19. The second-order valence-electron chi connectivity index (χ2n) is 8.84. The molecular weight excluding hydrogens is 514 g/mol. The van der Waals surface area contributed by atoms with Crippen molar-refractivity contribution < 1.29 is 13.6 Å². The van der Waals surface area contributed by atoms with Gasteiger partial charge in [0, 0.05) is 32.0 Å². The quantitative estimate of drug-likeness (QED) is 0.194. The Balaban J connectivity index is 1.42. The van der Waals surface area contributed by atoms with E-state index in [9.17, 15) is 13.6 Å². The van der Waals surface area contributed by atoms with Crippen LogP contribution < -0.4 is 0 Å². The average molecular weight is 535 g/mol. The van der Waals surface area contributed by atoms with Crippen molar-refractivity contribution in [3.05, 3.63) is 143 Å². The van der Waals surface area contributed by atoms with Gasteiger partial charge in [0.2, 0.25) is 0 Å². The van der Waals surface area contributed by atoms with E-state index in [0.29, 0.717) is 22.3 Å². The molecule has 1 nitrogen and oxygen atoms in total. The van der Waals surface area contributed by atoms with Crippen molar-refractivity contribution in [1.82, 2.24) is 0 Å². The molecular formula is C33H20F2OS2. The van der Waals surface area contributed by atoms with E-state index in [-0.39, 0.29) is 5.78 Å². The molecule has 0 unspecified atom stereocenters. The van der Waals surface area contributed by atoms with Gasteiger partial charge < -0.3 is 0 Å². The molecule has 0 aliphatic rings. The summed E-state index contributed by atoms with van der Waals surface area (Å²) in [4.78, 5) is 15.6. The molecule has 0 saturated carbocycles. The van der Waals surface area contributed by atoms with Crippen molar-refractivity contribution in [3.8, 4) is 43.1 Å². The Bertz CT molecular complexity index is 1620. The van der Waals surface area contributed by atoms with Crippen molar-refractivity contribution in [1.29, 1.82) is 0 Å². The van der Waals surface area contributed by atoms with Crippen LogP contribution in [0.5, 0.6) is 0 Å². The molecule has 0 radical (unpaired) electrons. The molecule has 0 aliphatic carbocycles. The molecule has 0 amide bonds. The van der Waals surface area contributed by atoms with Crippen molar-refractivity contribution in [2.45, 2.75) is 0 Å². The number of benzene rings is 4. The molecule has 0 aliphatic heterocycles. The summed E-state index contributed by atoms with van der Waals surface area (Å²) in [6.07, 6.45) is 0. The van der Waals surface area contributed by atoms with Gasteiger partial charge in [0.25, 0.3) is 0 Å². The van der Waals surface area contributed by atoms with Gasteiger partial charge in [-0.05, 0) is 81.5 Å². The third-order valence-corrected chi connectivity index (χ3v) is 8.32. The molecule has 0 bridgehead atoms. The minimum absolute atomic E-state index is 0.278. The van der Waals surface area contributed by atoms with Gasteiger partial charge in [-0.15, -0.1) is 22.7 Å². The first-order valence-corrected chi connectivity index (χ1v) is 13.8. The Labute approximate surface area is 227 Å². The molecule has 2 heterocycles. The number of thiophene rings is 2. The fourth-order valence-electron chi connectivity index (χ4n) is 4.50. The van der Waals surface area contributed by atoms with Crippen LogP contribution in [0.15, 0.2) is 120 Å². The normalized spacial score (nSPS) is 11.0. The summed E-state index contributed by atoms with van der Waals surface area (Å²) in [7, 11) is 0. The predicted molar refractivity (Wildman–Crippen MR) is 154 cm³/mol. The van der Waals surface area contributed by atoms with Gasteiger partial charge in [0.1, 0.15) is 11.6 Å². The van der Waals surface area contributed by atoms with Gasteiger partial charge in [0.05, 0.1) is 0 Å². The van der Waals surface area contributed by atoms with Crippen LogP contribution >= 0.6 is 22.7 Å². The third kappa shape index (κ3) is 4.74. The van der Waals surface area contributed by atoms with Gasteiger partial charge in [-0.25, -0.2) is 8.78 Å². The van der Waals surface area contributed by atoms with Gasteiger partial charge in [-0.3, -0.25) is 4.79 Å². The number of carbonyl (C=O) groups excluding carboxylic acids is 1. The number of rotatable bonds is 6. The second kappa shape index (κ2) is 10.3. The number of halogens is 2. The lowest BCUT2D eigenvalue weighted by Gasteiger charge is -2.11. The molecule has 0 spiro atoms. The highest BCUT2D eigenvalue weighted by molar-refractivity contribution is 7.14. The number of hydrogen-bond donors (Lipinski definition) is 0. The second-order valence-corrected chi connectivity index (χ2v) is 10.7. The molecule has 5 heteroatoms. The maximum Gasteiger partial charge on any atom is 0.194 e. The zero-order chi connectivity index (χ0) is 26.1. The van der Waals surface area contributed by atoms with E-state index >= 15 is 0 Å². The van der Waals surface area contributed by atoms with E-state index in [4.69, 9.17) is 0 Å². The summed E-state index contributed by atoms with van der Waals surface area (Å²) in [5, 5.41) is 4.01. The van der Waals surface area contributed by atoms with Crippen LogP contribution in [-0.4, -0.2) is 5.78 Å². The van der Waals surface area contributed by atoms with E-state index in [2.05, 4.69) is 0 Å². The fourth-order valence-corrected chi connectivity index (χ4v) is 6.40. The number of hydrogen-bond acceptors (Lipinski definition) is 3. The molecule has 6 aromatic rings. The molecule has 184 valence electrons. The predicted octanol–water partition coefficient (Wildman–Crippen LogP) is 9.99. The molecule has 2 aromatic heterocycles. The molecule has 4 aromatic carbocycles. The van der Waals surface area contributed by atoms with Crippen LogP contribution in [0.25, 0.3) is 43.1 Å². The standard InChI is InChI=1S/C33H20F2OS2/c34-25-11-13-27(29(17-25)31-15-23(19-37-31)21-7-3-1-4-8-21)33(36)28-14-12-26(35)18-30(28)32-16-24(20-38-32)22-9-5-2-6-10-22/h1-20H. The lowest BCUT2D eigenvalue weighted by molar-refractivity contribution is 0.104. The van der Waals surface area contributed by atoms with E-state index in [1.807, 2.05) is 83.6 Å². The van der Waals surface area contributed by atoms with E-state index in [1.54, 1.807) is 0 Å². The van der Waals surface area contributed by atoms with Crippen LogP contribution in [0, 0.1) is 11.6 Å². The maximum absolute atomic E-state index is 14.4. The minimum atomic E-state index is -0.420. The number of ketones is 1. The third-order valence-electron chi connectivity index (χ3n) is 6.40. The summed E-state index contributed by atoms with van der Waals surface area (Å²) >= 11 is 2.92. The molecule has 0 fully saturated rings. The van der Waals surface area contributed by atoms with Crippen LogP contribution in [0.3, 0.4) is 0 Å². The molecule has 0 atom stereocenters. The molecule has 6 rings (SSSR count). The highest BCUT2D eigenvalue weighted by atomic mass is 32.1. The van der Waals surface area contributed by atoms with Crippen LogP contribution in [-0.2, 0) is 0 Å². The monoisotopic (exact) mass is 534 g/mol. The Morgan fingerprint density at radius 1 is 0.500 bits per heavy atom. The molecule has 38 heavy (non-hydrogen) atoms. The summed E-state index contributed by atoms with van der Waals surface area (Å²) in [5.41, 5.74) is 5.90. The first-order chi connectivity index (χ1) is 18.6. The first kappa shape index (κ1) is 24.2. The van der Waals surface area contributed by atoms with Gasteiger partial charge >= 0.3 is 0 Å². The maximum atomic E-state index is 14.4. The van der Waals surface area contributed by atoms with E-state index < -0.39 is 11.6 Å². The van der Waals surface area contributed by atoms with Crippen molar-refractivity contribution in [2.75, 3.05) is 0 Å². The molecule has 0 saturated heterocycles. The summed E-state index contributed by atoms with van der Waals surface area (Å²) < 4.78 is 28.9. The van der Waals surface area contributed by atoms with Crippen LogP contribution in [0.2, 0.25) is 0 Å². The SMILES string of the molecule is O=C(c1ccc(F)cc1-c1cc(-c2ccccc2)cs1)c1ccc(F)cc1-c1cc(-c2ccccc2)cs1. The highest BCUT2D eigenvalue weighted by Gasteiger charge is 2.22.